The number of fused-ring (bicyclic) bond motifs is 1. The first-order valence-electron chi connectivity index (χ1n) is 14.2. The van der Waals surface area contributed by atoms with Crippen molar-refractivity contribution in [2.45, 2.75) is 56.5 Å². The van der Waals surface area contributed by atoms with Crippen LogP contribution in [0.15, 0.2) is 59.8 Å². The third-order valence-corrected chi connectivity index (χ3v) is 8.75. The van der Waals surface area contributed by atoms with Crippen molar-refractivity contribution < 1.29 is 22.7 Å². The topological polar surface area (TPSA) is 162 Å². The van der Waals surface area contributed by atoms with Gasteiger partial charge in [0.15, 0.2) is 15.5 Å². The van der Waals surface area contributed by atoms with Gasteiger partial charge < -0.3 is 20.7 Å². The number of cyclic esters (lactones) is 1. The van der Waals surface area contributed by atoms with Crippen molar-refractivity contribution in [2.75, 3.05) is 25.1 Å². The number of nitrogen functional groups attached to an aromatic ring is 1. The first-order valence-corrected chi connectivity index (χ1v) is 16.1. The van der Waals surface area contributed by atoms with Crippen molar-refractivity contribution in [1.29, 1.82) is 0 Å². The summed E-state index contributed by atoms with van der Waals surface area (Å²) in [4.78, 5) is 35.9. The monoisotopic (exact) mass is 605 g/mol. The van der Waals surface area contributed by atoms with Gasteiger partial charge in [-0.25, -0.2) is 18.2 Å². The molecule has 0 unspecified atom stereocenters. The predicted molar refractivity (Wildman–Crippen MR) is 162 cm³/mol. The summed E-state index contributed by atoms with van der Waals surface area (Å²) in [5, 5.41) is 6.92. The summed E-state index contributed by atoms with van der Waals surface area (Å²) < 4.78 is 32.2. The fraction of sp³-hybridized carbons (Fsp3) is 0.367. The van der Waals surface area contributed by atoms with E-state index in [1.807, 2.05) is 56.3 Å². The van der Waals surface area contributed by atoms with Crippen LogP contribution in [-0.2, 0) is 25.8 Å². The van der Waals surface area contributed by atoms with E-state index in [2.05, 4.69) is 15.4 Å². The zero-order valence-corrected chi connectivity index (χ0v) is 25.2. The molecule has 3 aromatic heterocycles. The van der Waals surface area contributed by atoms with Crippen molar-refractivity contribution >= 4 is 33.3 Å². The van der Waals surface area contributed by atoms with E-state index in [0.29, 0.717) is 42.7 Å². The second-order valence-corrected chi connectivity index (χ2v) is 12.5. The Hall–Kier alpha value is -4.52. The molecule has 13 heteroatoms. The number of hydrogen-bond donors (Lipinski definition) is 2. The third-order valence-electron chi connectivity index (χ3n) is 7.57. The fourth-order valence-electron chi connectivity index (χ4n) is 5.47. The molecular formula is C30H35N7O5S. The molecule has 0 aliphatic carbocycles. The second kappa shape index (κ2) is 12.4. The number of rotatable bonds is 11. The number of sulfone groups is 1. The lowest BCUT2D eigenvalue weighted by Crippen LogP contribution is -2.50. The highest BCUT2D eigenvalue weighted by molar-refractivity contribution is 7.91. The molecule has 2 amide bonds. The molecule has 1 aliphatic heterocycles. The van der Waals surface area contributed by atoms with Crippen LogP contribution in [-0.4, -0.2) is 76.4 Å². The highest BCUT2D eigenvalue weighted by Gasteiger charge is 2.35. The molecule has 1 aromatic carbocycles. The molecule has 1 saturated heterocycles. The number of hydrogen-bond acceptors (Lipinski definition) is 9. The Bertz CT molecular complexity index is 1740. The van der Waals surface area contributed by atoms with Gasteiger partial charge in [-0.3, -0.25) is 9.78 Å². The van der Waals surface area contributed by atoms with Gasteiger partial charge in [0.2, 0.25) is 5.91 Å². The van der Waals surface area contributed by atoms with Crippen LogP contribution < -0.4 is 11.1 Å². The molecule has 5 rings (SSSR count). The molecule has 4 heterocycles. The number of carbonyl (C=O) groups is 2. The number of amides is 2. The summed E-state index contributed by atoms with van der Waals surface area (Å²) in [6, 6.07) is 12.7. The largest absolute Gasteiger partial charge is 0.447 e. The van der Waals surface area contributed by atoms with Gasteiger partial charge in [-0.1, -0.05) is 50.2 Å². The maximum atomic E-state index is 13.3. The lowest BCUT2D eigenvalue weighted by atomic mass is 10.0. The minimum absolute atomic E-state index is 0.0214. The summed E-state index contributed by atoms with van der Waals surface area (Å²) >= 11 is 0. The molecule has 0 spiro atoms. The minimum Gasteiger partial charge on any atom is -0.447 e. The quantitative estimate of drug-likeness (QED) is 0.261. The second-order valence-electron chi connectivity index (χ2n) is 10.6. The Morgan fingerprint density at radius 1 is 1.16 bits per heavy atom. The Kier molecular flexibility index (Phi) is 8.62. The molecule has 0 radical (unpaired) electrons. The van der Waals surface area contributed by atoms with E-state index >= 15 is 0 Å². The number of nitrogens with zero attached hydrogens (tertiary/aromatic N) is 5. The lowest BCUT2D eigenvalue weighted by Gasteiger charge is -2.32. The van der Waals surface area contributed by atoms with Crippen LogP contribution in [0.3, 0.4) is 0 Å². The van der Waals surface area contributed by atoms with E-state index in [-0.39, 0.29) is 35.7 Å². The Balaban J connectivity index is 1.48. The van der Waals surface area contributed by atoms with Crippen LogP contribution in [0.2, 0.25) is 0 Å². The van der Waals surface area contributed by atoms with Crippen LogP contribution in [0.25, 0.3) is 28.0 Å². The van der Waals surface area contributed by atoms with Gasteiger partial charge in [-0.15, -0.1) is 0 Å². The van der Waals surface area contributed by atoms with E-state index < -0.39 is 22.0 Å². The molecule has 0 saturated carbocycles. The standard InChI is InChI=1S/C30H35N7O5S/c1-4-15-36(29(38)25-18-42-30(39)35-25)21(5-2)12-14-24-26(43(3,40)41)27(31)37-28(34-24)22(17-33-37)20-11-13-23(32-16-20)19-9-7-6-8-10-19/h6-11,13,16-17,21,25H,4-5,12,14-15,18,31H2,1-3H3,(H,35,39)/t21-,25+/m1/s1. The number of alkyl carbamates (subject to hydrolysis) is 1. The first kappa shape index (κ1) is 30.0. The number of anilines is 1. The highest BCUT2D eigenvalue weighted by Crippen LogP contribution is 2.31. The summed E-state index contributed by atoms with van der Waals surface area (Å²) in [6.07, 6.45) is 5.83. The van der Waals surface area contributed by atoms with E-state index in [0.717, 1.165) is 23.1 Å². The highest BCUT2D eigenvalue weighted by atomic mass is 32.2. The molecule has 1 fully saturated rings. The smallest absolute Gasteiger partial charge is 0.407 e. The van der Waals surface area contributed by atoms with Gasteiger partial charge in [0.05, 0.1) is 17.6 Å². The molecule has 0 bridgehead atoms. The van der Waals surface area contributed by atoms with E-state index in [4.69, 9.17) is 15.5 Å². The van der Waals surface area contributed by atoms with Gasteiger partial charge in [0.1, 0.15) is 23.4 Å². The molecule has 1 aliphatic rings. The number of nitrogens with one attached hydrogen (secondary N) is 1. The predicted octanol–water partition coefficient (Wildman–Crippen LogP) is 3.50. The summed E-state index contributed by atoms with van der Waals surface area (Å²) in [7, 11) is -3.77. The van der Waals surface area contributed by atoms with Gasteiger partial charge >= 0.3 is 6.09 Å². The van der Waals surface area contributed by atoms with Gasteiger partial charge in [0.25, 0.3) is 0 Å². The average molecular weight is 606 g/mol. The molecular weight excluding hydrogens is 570 g/mol. The van der Waals surface area contributed by atoms with Crippen LogP contribution >= 0.6 is 0 Å². The van der Waals surface area contributed by atoms with Crippen molar-refractivity contribution in [3.8, 4) is 22.4 Å². The molecule has 2 atom stereocenters. The van der Waals surface area contributed by atoms with Crippen LogP contribution in [0.4, 0.5) is 10.6 Å². The van der Waals surface area contributed by atoms with E-state index in [9.17, 15) is 18.0 Å². The van der Waals surface area contributed by atoms with Crippen molar-refractivity contribution in [1.82, 2.24) is 29.8 Å². The van der Waals surface area contributed by atoms with Crippen LogP contribution in [0.5, 0.6) is 0 Å². The number of aromatic nitrogens is 4. The molecule has 4 aromatic rings. The van der Waals surface area contributed by atoms with E-state index in [1.54, 1.807) is 17.3 Å². The summed E-state index contributed by atoms with van der Waals surface area (Å²) in [5.41, 5.74) is 10.4. The lowest BCUT2D eigenvalue weighted by molar-refractivity contribution is -0.135. The number of aryl methyl sites for hydroxylation is 1. The van der Waals surface area contributed by atoms with Crippen molar-refractivity contribution in [2.24, 2.45) is 0 Å². The van der Waals surface area contributed by atoms with Crippen LogP contribution in [0.1, 0.15) is 38.8 Å². The first-order chi connectivity index (χ1) is 20.6. The van der Waals surface area contributed by atoms with Gasteiger partial charge in [0, 0.05) is 41.7 Å². The zero-order valence-electron chi connectivity index (χ0n) is 24.4. The molecule has 226 valence electrons. The molecule has 12 nitrogen and oxygen atoms in total. The Morgan fingerprint density at radius 2 is 1.93 bits per heavy atom. The summed E-state index contributed by atoms with van der Waals surface area (Å²) in [6.45, 7) is 4.40. The maximum Gasteiger partial charge on any atom is 0.407 e. The summed E-state index contributed by atoms with van der Waals surface area (Å²) in [5.74, 6) is -0.252. The van der Waals surface area contributed by atoms with Gasteiger partial charge in [-0.05, 0) is 31.7 Å². The number of benzene rings is 1. The average Bonchev–Trinajstić information content (AvgIpc) is 3.63. The Labute approximate surface area is 250 Å². The molecule has 43 heavy (non-hydrogen) atoms. The third kappa shape index (κ3) is 6.17. The van der Waals surface area contributed by atoms with Gasteiger partial charge in [-0.2, -0.15) is 9.61 Å². The number of nitrogens with two attached hydrogens (primary N) is 1. The molecule has 3 N–H and O–H groups in total. The number of ether oxygens (including phenoxy) is 1. The number of carbonyl (C=O) groups excluding carboxylic acids is 2. The van der Waals surface area contributed by atoms with Crippen LogP contribution in [0, 0.1) is 0 Å². The number of pyridine rings is 1. The SMILES string of the molecule is CCCN(C(=O)[C@@H]1COC(=O)N1)[C@H](CC)CCc1nc2c(-c3ccc(-c4ccccc4)nc3)cnn2c(N)c1S(C)(=O)=O. The maximum absolute atomic E-state index is 13.3. The normalized spacial score (nSPS) is 15.7. The van der Waals surface area contributed by atoms with Crippen molar-refractivity contribution in [3.05, 3.63) is 60.6 Å². The Morgan fingerprint density at radius 3 is 2.53 bits per heavy atom. The van der Waals surface area contributed by atoms with E-state index in [1.165, 1.54) is 4.52 Å². The fourth-order valence-corrected chi connectivity index (χ4v) is 6.52. The van der Waals surface area contributed by atoms with Crippen molar-refractivity contribution in [3.63, 3.8) is 0 Å². The zero-order chi connectivity index (χ0) is 30.7. The minimum atomic E-state index is -3.77.